The SMILES string of the molecule is CCCCCCCCCCCCC(=O)CC(=O)N[C@@H]1[C@@H](OC(=O)CC(C)=O)[C@H](O)[C@@H](CO)O[C@@H]1O. The number of unbranched alkanes of at least 4 members (excludes halogenated alkanes) is 9. The maximum absolute atomic E-state index is 12.4. The van der Waals surface area contributed by atoms with Gasteiger partial charge < -0.3 is 30.1 Å². The van der Waals surface area contributed by atoms with Crippen molar-refractivity contribution in [3.05, 3.63) is 0 Å². The van der Waals surface area contributed by atoms with E-state index in [-0.39, 0.29) is 12.2 Å². The van der Waals surface area contributed by atoms with Crippen LogP contribution in [0, 0.1) is 0 Å². The zero-order valence-corrected chi connectivity index (χ0v) is 21.1. The molecule has 0 spiro atoms. The number of aliphatic hydroxyl groups excluding tert-OH is 3. The Kier molecular flexibility index (Phi) is 15.6. The molecule has 1 heterocycles. The van der Waals surface area contributed by atoms with E-state index >= 15 is 0 Å². The minimum atomic E-state index is -1.70. The van der Waals surface area contributed by atoms with E-state index in [1.807, 2.05) is 0 Å². The van der Waals surface area contributed by atoms with Gasteiger partial charge in [0, 0.05) is 6.42 Å². The summed E-state index contributed by atoms with van der Waals surface area (Å²) in [5, 5.41) is 32.3. The highest BCUT2D eigenvalue weighted by molar-refractivity contribution is 5.98. The molecule has 0 unspecified atom stereocenters. The fourth-order valence-electron chi connectivity index (χ4n) is 4.09. The van der Waals surface area contributed by atoms with Crippen LogP contribution in [0.15, 0.2) is 0 Å². The highest BCUT2D eigenvalue weighted by Gasteiger charge is 2.47. The molecule has 0 bridgehead atoms. The van der Waals surface area contributed by atoms with Gasteiger partial charge >= 0.3 is 5.97 Å². The molecule has 1 fully saturated rings. The lowest BCUT2D eigenvalue weighted by molar-refractivity contribution is -0.258. The molecule has 5 atom stereocenters. The number of rotatable bonds is 18. The fraction of sp³-hybridized carbons (Fsp3) is 0.840. The van der Waals surface area contributed by atoms with Crippen LogP contribution in [0.4, 0.5) is 0 Å². The van der Waals surface area contributed by atoms with E-state index in [1.54, 1.807) is 0 Å². The molecule has 1 saturated heterocycles. The Morgan fingerprint density at radius 3 is 2.00 bits per heavy atom. The minimum Gasteiger partial charge on any atom is -0.457 e. The van der Waals surface area contributed by atoms with Crippen LogP contribution < -0.4 is 5.32 Å². The third kappa shape index (κ3) is 12.6. The van der Waals surface area contributed by atoms with Crippen molar-refractivity contribution in [3.63, 3.8) is 0 Å². The van der Waals surface area contributed by atoms with Crippen LogP contribution in [0.25, 0.3) is 0 Å². The molecule has 0 aromatic heterocycles. The lowest BCUT2D eigenvalue weighted by atomic mass is 9.96. The van der Waals surface area contributed by atoms with Gasteiger partial charge in [-0.3, -0.25) is 19.2 Å². The monoisotopic (exact) mass is 501 g/mol. The zero-order valence-electron chi connectivity index (χ0n) is 21.1. The summed E-state index contributed by atoms with van der Waals surface area (Å²) in [4.78, 5) is 47.7. The quantitative estimate of drug-likeness (QED) is 0.124. The van der Waals surface area contributed by atoms with Gasteiger partial charge in [0.05, 0.1) is 13.0 Å². The zero-order chi connectivity index (χ0) is 26.2. The maximum Gasteiger partial charge on any atom is 0.313 e. The van der Waals surface area contributed by atoms with Crippen LogP contribution in [-0.2, 0) is 28.7 Å². The van der Waals surface area contributed by atoms with Crippen molar-refractivity contribution in [2.75, 3.05) is 6.61 Å². The number of amides is 1. The molecule has 0 aromatic rings. The first kappa shape index (κ1) is 31.2. The average molecular weight is 502 g/mol. The van der Waals surface area contributed by atoms with Crippen molar-refractivity contribution in [1.29, 1.82) is 0 Å². The number of carbonyl (C=O) groups excluding carboxylic acids is 4. The van der Waals surface area contributed by atoms with Gasteiger partial charge in [-0.2, -0.15) is 0 Å². The highest BCUT2D eigenvalue weighted by atomic mass is 16.6. The largest absolute Gasteiger partial charge is 0.457 e. The summed E-state index contributed by atoms with van der Waals surface area (Å²) in [6.45, 7) is 2.71. The summed E-state index contributed by atoms with van der Waals surface area (Å²) in [6.07, 6.45) is 4.64. The molecule has 4 N–H and O–H groups in total. The van der Waals surface area contributed by atoms with Gasteiger partial charge in [-0.15, -0.1) is 0 Å². The molecule has 0 saturated carbocycles. The van der Waals surface area contributed by atoms with Crippen molar-refractivity contribution in [1.82, 2.24) is 5.32 Å². The average Bonchev–Trinajstić information content (AvgIpc) is 2.79. The second-order valence-corrected chi connectivity index (χ2v) is 9.31. The van der Waals surface area contributed by atoms with E-state index in [1.165, 1.54) is 45.4 Å². The van der Waals surface area contributed by atoms with Crippen LogP contribution in [0.5, 0.6) is 0 Å². The number of aliphatic hydroxyl groups is 3. The third-order valence-corrected chi connectivity index (χ3v) is 6.03. The van der Waals surface area contributed by atoms with Crippen LogP contribution in [0.1, 0.15) is 97.3 Å². The summed E-state index contributed by atoms with van der Waals surface area (Å²) in [7, 11) is 0. The smallest absolute Gasteiger partial charge is 0.313 e. The first-order valence-electron chi connectivity index (χ1n) is 12.8. The number of nitrogens with one attached hydrogen (secondary N) is 1. The summed E-state index contributed by atoms with van der Waals surface area (Å²) in [6, 6.07) is -1.37. The van der Waals surface area contributed by atoms with Gasteiger partial charge in [0.2, 0.25) is 5.91 Å². The Labute approximate surface area is 207 Å². The number of hydrogen-bond acceptors (Lipinski definition) is 9. The molecular formula is C25H43NO9. The molecule has 1 aliphatic rings. The Balaban J connectivity index is 2.44. The first-order chi connectivity index (χ1) is 16.7. The molecule has 10 nitrogen and oxygen atoms in total. The van der Waals surface area contributed by atoms with Gasteiger partial charge in [-0.1, -0.05) is 64.7 Å². The van der Waals surface area contributed by atoms with Crippen LogP contribution in [-0.4, -0.2) is 76.0 Å². The molecule has 1 rings (SSSR count). The Bertz CT molecular complexity index is 669. The van der Waals surface area contributed by atoms with E-state index < -0.39 is 67.8 Å². The van der Waals surface area contributed by atoms with Gasteiger partial charge in [0.15, 0.2) is 12.4 Å². The first-order valence-corrected chi connectivity index (χ1v) is 12.8. The molecular weight excluding hydrogens is 458 g/mol. The number of Topliss-reactive ketones (excluding diaryl/α,β-unsaturated/α-hetero) is 2. The molecule has 0 aliphatic carbocycles. The van der Waals surface area contributed by atoms with E-state index in [0.29, 0.717) is 6.42 Å². The normalized spacial score (nSPS) is 24.1. The second-order valence-electron chi connectivity index (χ2n) is 9.31. The Morgan fingerprint density at radius 1 is 0.886 bits per heavy atom. The van der Waals surface area contributed by atoms with Gasteiger partial charge in [0.1, 0.15) is 36.2 Å². The summed E-state index contributed by atoms with van der Waals surface area (Å²) < 4.78 is 10.2. The lowest BCUT2D eigenvalue weighted by Crippen LogP contribution is -2.65. The van der Waals surface area contributed by atoms with E-state index in [2.05, 4.69) is 12.2 Å². The maximum atomic E-state index is 12.4. The molecule has 35 heavy (non-hydrogen) atoms. The third-order valence-electron chi connectivity index (χ3n) is 6.03. The molecule has 1 amide bonds. The van der Waals surface area contributed by atoms with E-state index in [4.69, 9.17) is 9.47 Å². The minimum absolute atomic E-state index is 0.257. The number of hydrogen-bond donors (Lipinski definition) is 4. The summed E-state index contributed by atoms with van der Waals surface area (Å²) >= 11 is 0. The summed E-state index contributed by atoms with van der Waals surface area (Å²) in [5.41, 5.74) is 0. The van der Waals surface area contributed by atoms with Crippen LogP contribution in [0.3, 0.4) is 0 Å². The summed E-state index contributed by atoms with van der Waals surface area (Å²) in [5.74, 6) is -2.39. The van der Waals surface area contributed by atoms with Gasteiger partial charge in [-0.25, -0.2) is 0 Å². The molecule has 1 aliphatic heterocycles. The van der Waals surface area contributed by atoms with Crippen LogP contribution >= 0.6 is 0 Å². The molecule has 10 heteroatoms. The van der Waals surface area contributed by atoms with E-state index in [0.717, 1.165) is 19.3 Å². The fourth-order valence-corrected chi connectivity index (χ4v) is 4.09. The van der Waals surface area contributed by atoms with Crippen molar-refractivity contribution >= 4 is 23.4 Å². The predicted octanol–water partition coefficient (Wildman–Crippen LogP) is 1.70. The van der Waals surface area contributed by atoms with Gasteiger partial charge in [-0.05, 0) is 13.3 Å². The van der Waals surface area contributed by atoms with Crippen molar-refractivity contribution < 1.29 is 44.0 Å². The molecule has 0 radical (unpaired) electrons. The predicted molar refractivity (Wildman–Crippen MR) is 127 cm³/mol. The molecule has 0 aromatic carbocycles. The molecule has 202 valence electrons. The standard InChI is InChI=1S/C25H43NO9/c1-3-4-5-6-7-8-9-10-11-12-13-18(29)15-20(30)26-22-24(35-21(31)14-17(2)28)23(32)19(16-27)34-25(22)33/h19,22-25,27,32-33H,3-16H2,1-2H3,(H,26,30)/t19-,22-,23-,24-,25+/m1/s1. The highest BCUT2D eigenvalue weighted by Crippen LogP contribution is 2.23. The van der Waals surface area contributed by atoms with Crippen molar-refractivity contribution in [2.45, 2.75) is 128 Å². The van der Waals surface area contributed by atoms with E-state index in [9.17, 15) is 34.5 Å². The lowest BCUT2D eigenvalue weighted by Gasteiger charge is -2.42. The topological polar surface area (TPSA) is 159 Å². The number of carbonyl (C=O) groups is 4. The number of ketones is 2. The number of ether oxygens (including phenoxy) is 2. The van der Waals surface area contributed by atoms with Crippen molar-refractivity contribution in [2.24, 2.45) is 0 Å². The second kappa shape index (κ2) is 17.5. The van der Waals surface area contributed by atoms with Crippen molar-refractivity contribution in [3.8, 4) is 0 Å². The van der Waals surface area contributed by atoms with Crippen LogP contribution in [0.2, 0.25) is 0 Å². The Hall–Kier alpha value is -1.88. The number of esters is 1. The Morgan fingerprint density at radius 2 is 1.46 bits per heavy atom. The van der Waals surface area contributed by atoms with Gasteiger partial charge in [0.25, 0.3) is 0 Å².